The number of nitrogens with one attached hydrogen (secondary N) is 1. The van der Waals surface area contributed by atoms with Gasteiger partial charge in [-0.25, -0.2) is 4.79 Å². The van der Waals surface area contributed by atoms with Crippen LogP contribution in [0.5, 0.6) is 11.8 Å². The quantitative estimate of drug-likeness (QED) is 0.837. The Hall–Kier alpha value is -2.35. The highest BCUT2D eigenvalue weighted by Crippen LogP contribution is 2.31. The lowest BCUT2D eigenvalue weighted by molar-refractivity contribution is 0.184. The molecule has 0 bridgehead atoms. The van der Waals surface area contributed by atoms with E-state index < -0.39 is 11.6 Å². The van der Waals surface area contributed by atoms with Gasteiger partial charge in [-0.1, -0.05) is 16.8 Å². The molecule has 1 N–H and O–H groups in total. The Morgan fingerprint density at radius 3 is 2.80 bits per heavy atom. The first kappa shape index (κ1) is 17.5. The van der Waals surface area contributed by atoms with E-state index in [9.17, 15) is 4.79 Å². The minimum Gasteiger partial charge on any atom is -0.476 e. The number of aromatic nitrogens is 3. The van der Waals surface area contributed by atoms with Crippen molar-refractivity contribution in [2.45, 2.75) is 39.2 Å². The molecule has 9 heteroatoms. The maximum atomic E-state index is 12.1. The van der Waals surface area contributed by atoms with Gasteiger partial charge < -0.3 is 19.3 Å². The van der Waals surface area contributed by atoms with Crippen molar-refractivity contribution in [2.24, 2.45) is 5.92 Å². The highest BCUT2D eigenvalue weighted by Gasteiger charge is 2.29. The third-order valence-corrected chi connectivity index (χ3v) is 3.93. The van der Waals surface area contributed by atoms with Crippen molar-refractivity contribution < 1.29 is 18.8 Å². The Morgan fingerprint density at radius 1 is 1.40 bits per heavy atom. The molecular weight excluding hydrogens is 348 g/mol. The average molecular weight is 367 g/mol. The number of ether oxygens (including phenoxy) is 2. The molecule has 134 valence electrons. The summed E-state index contributed by atoms with van der Waals surface area (Å²) in [5.74, 6) is 1.67. The van der Waals surface area contributed by atoms with Crippen LogP contribution >= 0.6 is 11.6 Å². The number of rotatable bonds is 6. The number of halogens is 1. The van der Waals surface area contributed by atoms with Crippen LogP contribution in [0.4, 0.5) is 4.79 Å². The third-order valence-electron chi connectivity index (χ3n) is 3.64. The number of carbonyl (C=O) groups excluding carboxylic acids is 1. The van der Waals surface area contributed by atoms with E-state index in [1.54, 1.807) is 26.8 Å². The van der Waals surface area contributed by atoms with Crippen molar-refractivity contribution in [1.82, 2.24) is 20.4 Å². The van der Waals surface area contributed by atoms with E-state index in [1.165, 1.54) is 6.07 Å². The Labute approximate surface area is 149 Å². The Morgan fingerprint density at radius 2 is 2.16 bits per heavy atom. The number of pyridine rings is 1. The first-order valence-corrected chi connectivity index (χ1v) is 8.31. The van der Waals surface area contributed by atoms with E-state index in [0.29, 0.717) is 29.3 Å². The molecule has 2 aromatic heterocycles. The summed E-state index contributed by atoms with van der Waals surface area (Å²) in [4.78, 5) is 20.4. The van der Waals surface area contributed by atoms with Crippen LogP contribution in [0.25, 0.3) is 0 Å². The molecule has 1 aliphatic carbocycles. The maximum absolute atomic E-state index is 12.1. The standard InChI is InChI=1S/C16H19ClN4O4/c1-9-18-14(21-25-9)16(2,3)20-15(22)24-12-7-6-11(17)13(19-12)23-8-10-4-5-10/h6-7,10H,4-5,8H2,1-3H3,(H,20,22). The third kappa shape index (κ3) is 4.60. The summed E-state index contributed by atoms with van der Waals surface area (Å²) in [7, 11) is 0. The molecule has 8 nitrogen and oxygen atoms in total. The fourth-order valence-corrected chi connectivity index (χ4v) is 2.19. The molecular formula is C16H19ClN4O4. The second-order valence-electron chi connectivity index (χ2n) is 6.47. The van der Waals surface area contributed by atoms with Crippen LogP contribution in [0.2, 0.25) is 5.02 Å². The lowest BCUT2D eigenvalue weighted by Gasteiger charge is -2.21. The summed E-state index contributed by atoms with van der Waals surface area (Å²) in [6.45, 7) is 5.70. The monoisotopic (exact) mass is 366 g/mol. The van der Waals surface area contributed by atoms with Gasteiger partial charge in [0.25, 0.3) is 0 Å². The van der Waals surface area contributed by atoms with Crippen molar-refractivity contribution in [3.05, 3.63) is 28.9 Å². The van der Waals surface area contributed by atoms with Gasteiger partial charge in [0.05, 0.1) is 6.61 Å². The van der Waals surface area contributed by atoms with Crippen molar-refractivity contribution in [1.29, 1.82) is 0 Å². The van der Waals surface area contributed by atoms with Gasteiger partial charge in [0.2, 0.25) is 17.7 Å². The number of hydrogen-bond donors (Lipinski definition) is 1. The van der Waals surface area contributed by atoms with Crippen LogP contribution in [0.1, 0.15) is 38.4 Å². The molecule has 2 heterocycles. The van der Waals surface area contributed by atoms with Gasteiger partial charge in [-0.3, -0.25) is 0 Å². The number of aryl methyl sites for hydroxylation is 1. The van der Waals surface area contributed by atoms with Crippen LogP contribution in [0.3, 0.4) is 0 Å². The zero-order chi connectivity index (χ0) is 18.0. The van der Waals surface area contributed by atoms with E-state index in [2.05, 4.69) is 20.4 Å². The van der Waals surface area contributed by atoms with E-state index >= 15 is 0 Å². The molecule has 0 aliphatic heterocycles. The minimum absolute atomic E-state index is 0.0905. The molecule has 0 spiro atoms. The molecule has 0 saturated heterocycles. The van der Waals surface area contributed by atoms with Crippen molar-refractivity contribution >= 4 is 17.7 Å². The van der Waals surface area contributed by atoms with Crippen LogP contribution in [-0.2, 0) is 5.54 Å². The minimum atomic E-state index is -0.868. The first-order chi connectivity index (χ1) is 11.8. The summed E-state index contributed by atoms with van der Waals surface area (Å²) in [6.07, 6.45) is 1.61. The van der Waals surface area contributed by atoms with Crippen LogP contribution < -0.4 is 14.8 Å². The second kappa shape index (κ2) is 6.87. The highest BCUT2D eigenvalue weighted by atomic mass is 35.5. The molecule has 1 saturated carbocycles. The summed E-state index contributed by atoms with van der Waals surface area (Å²) in [6, 6.07) is 3.07. The molecule has 0 unspecified atom stereocenters. The van der Waals surface area contributed by atoms with Gasteiger partial charge >= 0.3 is 6.09 Å². The number of amides is 1. The Bertz CT molecular complexity index is 773. The molecule has 0 aromatic carbocycles. The molecule has 1 aliphatic rings. The van der Waals surface area contributed by atoms with Crippen molar-refractivity contribution in [3.63, 3.8) is 0 Å². The molecule has 25 heavy (non-hydrogen) atoms. The van der Waals surface area contributed by atoms with Crippen LogP contribution in [-0.4, -0.2) is 27.8 Å². The van der Waals surface area contributed by atoms with Gasteiger partial charge in [-0.05, 0) is 38.7 Å². The Kier molecular flexibility index (Phi) is 4.80. The van der Waals surface area contributed by atoms with Crippen LogP contribution in [0.15, 0.2) is 16.7 Å². The van der Waals surface area contributed by atoms with Gasteiger partial charge in [-0.15, -0.1) is 0 Å². The summed E-state index contributed by atoms with van der Waals surface area (Å²) in [5.41, 5.74) is -0.868. The molecule has 0 radical (unpaired) electrons. The summed E-state index contributed by atoms with van der Waals surface area (Å²) in [5, 5.41) is 6.85. The van der Waals surface area contributed by atoms with E-state index in [0.717, 1.165) is 12.8 Å². The molecule has 1 amide bonds. The largest absolute Gasteiger partial charge is 0.476 e. The molecule has 3 rings (SSSR count). The number of carbonyl (C=O) groups is 1. The lowest BCUT2D eigenvalue weighted by atomic mass is 10.1. The molecule has 1 fully saturated rings. The Balaban J connectivity index is 1.62. The predicted octanol–water partition coefficient (Wildman–Crippen LogP) is 3.24. The number of hydrogen-bond acceptors (Lipinski definition) is 7. The zero-order valence-corrected chi connectivity index (χ0v) is 15.0. The molecule has 2 aromatic rings. The van der Waals surface area contributed by atoms with E-state index in [-0.39, 0.29) is 11.8 Å². The lowest BCUT2D eigenvalue weighted by Crippen LogP contribution is -2.43. The average Bonchev–Trinajstić information content (AvgIpc) is 3.26. The van der Waals surface area contributed by atoms with E-state index in [1.807, 2.05) is 0 Å². The smallest absolute Gasteiger partial charge is 0.414 e. The normalized spacial score (nSPS) is 14.2. The van der Waals surface area contributed by atoms with E-state index in [4.69, 9.17) is 25.6 Å². The van der Waals surface area contributed by atoms with Crippen molar-refractivity contribution in [3.8, 4) is 11.8 Å². The van der Waals surface area contributed by atoms with Gasteiger partial charge in [0.15, 0.2) is 5.82 Å². The van der Waals surface area contributed by atoms with Crippen molar-refractivity contribution in [2.75, 3.05) is 6.61 Å². The fourth-order valence-electron chi connectivity index (χ4n) is 2.03. The highest BCUT2D eigenvalue weighted by molar-refractivity contribution is 6.31. The number of nitrogens with zero attached hydrogens (tertiary/aromatic N) is 3. The predicted molar refractivity (Wildman–Crippen MR) is 88.7 cm³/mol. The SMILES string of the molecule is Cc1nc(C(C)(C)NC(=O)Oc2ccc(Cl)c(OCC3CC3)n2)no1. The zero-order valence-electron chi connectivity index (χ0n) is 14.2. The van der Waals surface area contributed by atoms with Gasteiger partial charge in [0.1, 0.15) is 10.6 Å². The summed E-state index contributed by atoms with van der Waals surface area (Å²) >= 11 is 6.05. The fraction of sp³-hybridized carbons (Fsp3) is 0.500. The first-order valence-electron chi connectivity index (χ1n) is 7.93. The molecule has 0 atom stereocenters. The van der Waals surface area contributed by atoms with Gasteiger partial charge in [0, 0.05) is 13.0 Å². The van der Waals surface area contributed by atoms with Gasteiger partial charge in [-0.2, -0.15) is 9.97 Å². The summed E-state index contributed by atoms with van der Waals surface area (Å²) < 4.78 is 15.7. The van der Waals surface area contributed by atoms with Crippen LogP contribution in [0, 0.1) is 12.8 Å². The second-order valence-corrected chi connectivity index (χ2v) is 6.87. The topological polar surface area (TPSA) is 99.4 Å². The maximum Gasteiger partial charge on any atom is 0.414 e.